The fourth-order valence-electron chi connectivity index (χ4n) is 4.86. The molecule has 2 aromatic heterocycles. The predicted octanol–water partition coefficient (Wildman–Crippen LogP) is 9.39. The third kappa shape index (κ3) is 4.85. The molecule has 0 radical (unpaired) electrons. The van der Waals surface area contributed by atoms with Crippen molar-refractivity contribution in [3.8, 4) is 44.8 Å². The van der Waals surface area contributed by atoms with Crippen LogP contribution >= 0.6 is 0 Å². The van der Waals surface area contributed by atoms with Crippen LogP contribution in [-0.4, -0.2) is 9.97 Å². The van der Waals surface area contributed by atoms with Crippen LogP contribution in [0.1, 0.15) is 50.7 Å². The van der Waals surface area contributed by atoms with E-state index in [1.54, 1.807) is 0 Å². The van der Waals surface area contributed by atoms with E-state index in [1.807, 2.05) is 36.7 Å². The van der Waals surface area contributed by atoms with Gasteiger partial charge in [0.15, 0.2) is 0 Å². The Hall–Kier alpha value is -4.04. The summed E-state index contributed by atoms with van der Waals surface area (Å²) < 4.78 is 0. The van der Waals surface area contributed by atoms with Crippen molar-refractivity contribution in [2.24, 2.45) is 0 Å². The molecule has 0 unspecified atom stereocenters. The van der Waals surface area contributed by atoms with Crippen molar-refractivity contribution in [2.75, 3.05) is 0 Å². The zero-order valence-electron chi connectivity index (χ0n) is 21.4. The summed E-state index contributed by atoms with van der Waals surface area (Å²) in [5, 5.41) is 0. The number of aromatic nitrogens is 2. The Morgan fingerprint density at radius 2 is 0.917 bits per heavy atom. The fraction of sp³-hybridized carbons (Fsp3) is 0.176. The van der Waals surface area contributed by atoms with Gasteiger partial charge >= 0.3 is 0 Å². The van der Waals surface area contributed by atoms with Crippen molar-refractivity contribution in [1.82, 2.24) is 9.97 Å². The number of benzene rings is 3. The lowest BCUT2D eigenvalue weighted by Crippen LogP contribution is -2.02. The minimum Gasteiger partial charge on any atom is -0.256 e. The first kappa shape index (κ1) is 23.7. The number of hydrogen-bond donors (Lipinski definition) is 0. The second-order valence-corrected chi connectivity index (χ2v) is 9.93. The van der Waals surface area contributed by atoms with Gasteiger partial charge in [-0.25, -0.2) is 0 Å². The van der Waals surface area contributed by atoms with Gasteiger partial charge in [0.25, 0.3) is 0 Å². The van der Waals surface area contributed by atoms with E-state index < -0.39 is 0 Å². The summed E-state index contributed by atoms with van der Waals surface area (Å²) in [7, 11) is 0. The molecule has 178 valence electrons. The first-order chi connectivity index (χ1) is 17.5. The van der Waals surface area contributed by atoms with Gasteiger partial charge < -0.3 is 0 Å². The normalized spacial score (nSPS) is 11.3. The van der Waals surface area contributed by atoms with Crippen LogP contribution in [0, 0.1) is 0 Å². The Morgan fingerprint density at radius 3 is 1.36 bits per heavy atom. The minimum absolute atomic E-state index is 0.373. The van der Waals surface area contributed by atoms with E-state index in [9.17, 15) is 0 Å². The monoisotopic (exact) mass is 468 g/mol. The van der Waals surface area contributed by atoms with Gasteiger partial charge in [-0.3, -0.25) is 9.97 Å². The Bertz CT molecular complexity index is 1370. The van der Waals surface area contributed by atoms with Crippen LogP contribution in [0.25, 0.3) is 44.8 Å². The van der Waals surface area contributed by atoms with Crippen molar-refractivity contribution >= 4 is 0 Å². The largest absolute Gasteiger partial charge is 0.256 e. The lowest BCUT2D eigenvalue weighted by atomic mass is 9.81. The SMILES string of the molecule is CC(C)c1cc(-c2ccccc2)cc(C(C)C)c1-c1cc(-c2ccccn2)cc(-c2ccccn2)c1. The smallest absolute Gasteiger partial charge is 0.0702 e. The number of hydrogen-bond acceptors (Lipinski definition) is 2. The highest BCUT2D eigenvalue weighted by molar-refractivity contribution is 5.84. The first-order valence-electron chi connectivity index (χ1n) is 12.7. The van der Waals surface area contributed by atoms with Crippen molar-refractivity contribution < 1.29 is 0 Å². The molecule has 0 aliphatic carbocycles. The van der Waals surface area contributed by atoms with Gasteiger partial charge in [-0.15, -0.1) is 0 Å². The van der Waals surface area contributed by atoms with Gasteiger partial charge in [0.1, 0.15) is 0 Å². The average molecular weight is 469 g/mol. The Balaban J connectivity index is 1.80. The van der Waals surface area contributed by atoms with E-state index in [2.05, 4.69) is 110 Å². The van der Waals surface area contributed by atoms with E-state index in [4.69, 9.17) is 0 Å². The zero-order chi connectivity index (χ0) is 25.1. The van der Waals surface area contributed by atoms with Crippen molar-refractivity contribution in [1.29, 1.82) is 0 Å². The van der Waals surface area contributed by atoms with Crippen LogP contribution in [0.5, 0.6) is 0 Å². The highest BCUT2D eigenvalue weighted by Gasteiger charge is 2.20. The van der Waals surface area contributed by atoms with Crippen molar-refractivity contribution in [3.05, 3.63) is 121 Å². The summed E-state index contributed by atoms with van der Waals surface area (Å²) in [6.45, 7) is 9.17. The zero-order valence-corrected chi connectivity index (χ0v) is 21.4. The molecule has 0 amide bonds. The molecule has 0 N–H and O–H groups in total. The van der Waals surface area contributed by atoms with E-state index in [0.29, 0.717) is 11.8 Å². The second kappa shape index (κ2) is 10.3. The van der Waals surface area contributed by atoms with Crippen molar-refractivity contribution in [3.63, 3.8) is 0 Å². The van der Waals surface area contributed by atoms with Crippen LogP contribution in [0.2, 0.25) is 0 Å². The van der Waals surface area contributed by atoms with Crippen molar-refractivity contribution in [2.45, 2.75) is 39.5 Å². The summed E-state index contributed by atoms with van der Waals surface area (Å²) >= 11 is 0. The maximum absolute atomic E-state index is 4.67. The summed E-state index contributed by atoms with van der Waals surface area (Å²) in [4.78, 5) is 9.33. The van der Waals surface area contributed by atoms with E-state index in [1.165, 1.54) is 33.4 Å². The third-order valence-corrected chi connectivity index (χ3v) is 6.69. The lowest BCUT2D eigenvalue weighted by Gasteiger charge is -2.23. The second-order valence-electron chi connectivity index (χ2n) is 9.93. The van der Waals surface area contributed by atoms with E-state index >= 15 is 0 Å². The topological polar surface area (TPSA) is 25.8 Å². The van der Waals surface area contributed by atoms with Gasteiger partial charge in [0.2, 0.25) is 0 Å². The summed E-state index contributed by atoms with van der Waals surface area (Å²) in [6, 6.07) is 34.4. The number of pyridine rings is 2. The molecule has 2 heterocycles. The number of rotatable bonds is 6. The van der Waals surface area contributed by atoms with Crippen LogP contribution in [-0.2, 0) is 0 Å². The molecule has 0 fully saturated rings. The maximum Gasteiger partial charge on any atom is 0.0702 e. The van der Waals surface area contributed by atoms with Crippen LogP contribution in [0.15, 0.2) is 109 Å². The Labute approximate surface area is 214 Å². The maximum atomic E-state index is 4.67. The molecule has 0 aliphatic heterocycles. The average Bonchev–Trinajstić information content (AvgIpc) is 2.93. The van der Waals surface area contributed by atoms with Crippen LogP contribution < -0.4 is 0 Å². The molecular formula is C34H32N2. The summed E-state index contributed by atoms with van der Waals surface area (Å²) in [6.07, 6.45) is 3.71. The molecule has 2 nitrogen and oxygen atoms in total. The third-order valence-electron chi connectivity index (χ3n) is 6.69. The van der Waals surface area contributed by atoms with Crippen LogP contribution in [0.4, 0.5) is 0 Å². The highest BCUT2D eigenvalue weighted by Crippen LogP contribution is 2.42. The Kier molecular flexibility index (Phi) is 6.77. The standard InChI is InChI=1S/C34H32N2/c1-23(2)30-21-26(25-12-6-5-7-13-25)22-31(24(3)4)34(30)29-19-27(32-14-8-10-16-35-32)18-28(20-29)33-15-9-11-17-36-33/h5-24H,1-4H3. The molecule has 0 saturated carbocycles. The van der Waals surface area contributed by atoms with Crippen LogP contribution in [0.3, 0.4) is 0 Å². The Morgan fingerprint density at radius 1 is 0.444 bits per heavy atom. The first-order valence-corrected chi connectivity index (χ1v) is 12.7. The van der Waals surface area contributed by atoms with E-state index in [0.717, 1.165) is 22.5 Å². The summed E-state index contributed by atoms with van der Waals surface area (Å²) in [5.74, 6) is 0.746. The molecule has 5 rings (SSSR count). The molecule has 3 aromatic carbocycles. The lowest BCUT2D eigenvalue weighted by molar-refractivity contribution is 0.839. The number of nitrogens with zero attached hydrogens (tertiary/aromatic N) is 2. The molecule has 0 atom stereocenters. The molecule has 0 bridgehead atoms. The minimum atomic E-state index is 0.373. The predicted molar refractivity (Wildman–Crippen MR) is 152 cm³/mol. The van der Waals surface area contributed by atoms with Gasteiger partial charge in [-0.1, -0.05) is 82.3 Å². The fourth-order valence-corrected chi connectivity index (χ4v) is 4.86. The quantitative estimate of drug-likeness (QED) is 0.248. The molecule has 0 aliphatic rings. The molecule has 0 saturated heterocycles. The van der Waals surface area contributed by atoms with Gasteiger partial charge in [-0.05, 0) is 87.7 Å². The van der Waals surface area contributed by atoms with Gasteiger partial charge in [0, 0.05) is 23.5 Å². The molecule has 5 aromatic rings. The highest BCUT2D eigenvalue weighted by atomic mass is 14.7. The molecular weight excluding hydrogens is 436 g/mol. The summed E-state index contributed by atoms with van der Waals surface area (Å²) in [5.41, 5.74) is 11.9. The van der Waals surface area contributed by atoms with Gasteiger partial charge in [-0.2, -0.15) is 0 Å². The van der Waals surface area contributed by atoms with E-state index in [-0.39, 0.29) is 0 Å². The molecule has 0 spiro atoms. The van der Waals surface area contributed by atoms with Gasteiger partial charge in [0.05, 0.1) is 11.4 Å². The molecule has 2 heteroatoms. The molecule has 36 heavy (non-hydrogen) atoms.